The van der Waals surface area contributed by atoms with Crippen LogP contribution in [-0.2, 0) is 0 Å². The molecular weight excluding hydrogens is 384 g/mol. The van der Waals surface area contributed by atoms with Crippen molar-refractivity contribution in [2.45, 2.75) is 104 Å². The molecule has 3 heteroatoms. The van der Waals surface area contributed by atoms with Crippen molar-refractivity contribution in [3.63, 3.8) is 0 Å². The van der Waals surface area contributed by atoms with Crippen LogP contribution in [0.15, 0.2) is 23.8 Å². The minimum atomic E-state index is -0.673. The first kappa shape index (κ1) is 23.5. The van der Waals surface area contributed by atoms with Gasteiger partial charge in [-0.15, -0.1) is 0 Å². The van der Waals surface area contributed by atoms with Crippen LogP contribution in [0.4, 0.5) is 0 Å². The molecule has 31 heavy (non-hydrogen) atoms. The Bertz CT molecular complexity index is 726. The summed E-state index contributed by atoms with van der Waals surface area (Å²) in [6, 6.07) is 0. The number of hydrogen-bond donors (Lipinski definition) is 3. The Balaban J connectivity index is 1.54. The molecule has 0 aromatic heterocycles. The molecule has 10 atom stereocenters. The quantitative estimate of drug-likeness (QED) is 0.505. The van der Waals surface area contributed by atoms with E-state index in [4.69, 9.17) is 0 Å². The van der Waals surface area contributed by atoms with Crippen LogP contribution in [0.2, 0.25) is 0 Å². The van der Waals surface area contributed by atoms with Gasteiger partial charge in [-0.1, -0.05) is 52.8 Å². The molecule has 0 aromatic rings. The number of hydrogen-bond acceptors (Lipinski definition) is 3. The van der Waals surface area contributed by atoms with Crippen LogP contribution >= 0.6 is 0 Å². The fourth-order valence-electron chi connectivity index (χ4n) is 8.58. The monoisotopic (exact) mass is 430 g/mol. The number of fused-ring (bicyclic) bond motifs is 5. The van der Waals surface area contributed by atoms with E-state index >= 15 is 0 Å². The van der Waals surface area contributed by atoms with Crippen LogP contribution in [-0.4, -0.2) is 33.6 Å². The van der Waals surface area contributed by atoms with E-state index in [1.165, 1.54) is 31.3 Å². The van der Waals surface area contributed by atoms with Gasteiger partial charge in [-0.2, -0.15) is 0 Å². The number of rotatable bonds is 5. The molecule has 176 valence electrons. The van der Waals surface area contributed by atoms with Crippen molar-refractivity contribution in [2.75, 3.05) is 0 Å². The molecule has 4 aliphatic rings. The van der Waals surface area contributed by atoms with Gasteiger partial charge < -0.3 is 15.3 Å². The first-order valence-corrected chi connectivity index (χ1v) is 12.9. The predicted molar refractivity (Wildman–Crippen MR) is 126 cm³/mol. The molecule has 0 unspecified atom stereocenters. The van der Waals surface area contributed by atoms with Gasteiger partial charge in [0, 0.05) is 0 Å². The fraction of sp³-hybridized carbons (Fsp3) is 0.857. The molecule has 0 heterocycles. The molecule has 4 aliphatic carbocycles. The Morgan fingerprint density at radius 1 is 1.06 bits per heavy atom. The third kappa shape index (κ3) is 3.67. The number of aliphatic hydroxyl groups is 3. The molecule has 0 aromatic carbocycles. The maximum absolute atomic E-state index is 11.1. The van der Waals surface area contributed by atoms with E-state index in [0.717, 1.165) is 24.8 Å². The van der Waals surface area contributed by atoms with Gasteiger partial charge in [0.05, 0.1) is 12.2 Å². The smallest absolute Gasteiger partial charge is 0.101 e. The van der Waals surface area contributed by atoms with E-state index in [-0.39, 0.29) is 11.5 Å². The van der Waals surface area contributed by atoms with Crippen LogP contribution in [0.3, 0.4) is 0 Å². The van der Waals surface area contributed by atoms with Crippen molar-refractivity contribution in [1.82, 2.24) is 0 Å². The highest BCUT2D eigenvalue weighted by Crippen LogP contribution is 2.67. The summed E-state index contributed by atoms with van der Waals surface area (Å²) in [4.78, 5) is 0. The topological polar surface area (TPSA) is 60.7 Å². The highest BCUT2D eigenvalue weighted by atomic mass is 16.3. The molecule has 0 amide bonds. The van der Waals surface area contributed by atoms with Crippen LogP contribution in [0, 0.1) is 46.3 Å². The standard InChI is InChI=1S/C28H46O3/c1-16(2)17(3)15-25(30)18(4)20-9-10-21-19-7-8-23-26(31)24(29)12-14-28(23,6)22(19)11-13-27(20,21)5/h8,16,18-22,24-26,29-31H,3,7,9-15H2,1-2,4-6H3/t18-,19+,20+,21-,22+,24+,25+,26-,27-,28-/m1/s1. The summed E-state index contributed by atoms with van der Waals surface area (Å²) >= 11 is 0. The van der Waals surface area contributed by atoms with Gasteiger partial charge in [-0.25, -0.2) is 0 Å². The van der Waals surface area contributed by atoms with Crippen LogP contribution in [0.25, 0.3) is 0 Å². The summed E-state index contributed by atoms with van der Waals surface area (Å²) in [5.41, 5.74) is 2.64. The van der Waals surface area contributed by atoms with E-state index in [2.05, 4.69) is 47.3 Å². The van der Waals surface area contributed by atoms with Crippen molar-refractivity contribution in [1.29, 1.82) is 0 Å². The molecule has 0 saturated heterocycles. The van der Waals surface area contributed by atoms with E-state index in [9.17, 15) is 15.3 Å². The zero-order chi connectivity index (χ0) is 22.7. The van der Waals surface area contributed by atoms with Crippen molar-refractivity contribution in [2.24, 2.45) is 46.3 Å². The highest BCUT2D eigenvalue weighted by molar-refractivity contribution is 5.29. The summed E-state index contributed by atoms with van der Waals surface area (Å²) < 4.78 is 0. The molecule has 3 nitrogen and oxygen atoms in total. The van der Waals surface area contributed by atoms with Gasteiger partial charge in [0.2, 0.25) is 0 Å². The van der Waals surface area contributed by atoms with Crippen LogP contribution < -0.4 is 0 Å². The van der Waals surface area contributed by atoms with Crippen molar-refractivity contribution in [3.05, 3.63) is 23.8 Å². The van der Waals surface area contributed by atoms with Gasteiger partial charge in [0.15, 0.2) is 0 Å². The normalized spacial score (nSPS) is 46.5. The third-order valence-corrected chi connectivity index (χ3v) is 10.8. The average Bonchev–Trinajstić information content (AvgIpc) is 3.07. The first-order valence-electron chi connectivity index (χ1n) is 12.9. The average molecular weight is 431 g/mol. The Morgan fingerprint density at radius 2 is 1.77 bits per heavy atom. The SMILES string of the molecule is C=C(C[C@H](O)[C@H](C)[C@@H]1CC[C@@H]2[C@@H]3CC=C4[C@@H](O)[C@@H](O)CC[C@]4(C)[C@H]3CC[C@@]21C)C(C)C. The first-order chi connectivity index (χ1) is 14.5. The minimum Gasteiger partial charge on any atom is -0.393 e. The lowest BCUT2D eigenvalue weighted by molar-refractivity contribution is -0.0854. The van der Waals surface area contributed by atoms with E-state index in [0.29, 0.717) is 47.3 Å². The summed E-state index contributed by atoms with van der Waals surface area (Å²) in [5, 5.41) is 32.0. The second-order valence-electron chi connectivity index (χ2n) is 12.4. The van der Waals surface area contributed by atoms with E-state index in [1.54, 1.807) is 0 Å². The predicted octanol–water partition coefficient (Wildman–Crippen LogP) is 5.50. The second kappa shape index (κ2) is 8.29. The molecule has 0 bridgehead atoms. The summed E-state index contributed by atoms with van der Waals surface area (Å²) in [6.45, 7) is 15.7. The molecule has 3 N–H and O–H groups in total. The van der Waals surface area contributed by atoms with Gasteiger partial charge >= 0.3 is 0 Å². The highest BCUT2D eigenvalue weighted by Gasteiger charge is 2.60. The Hall–Kier alpha value is -0.640. The summed E-state index contributed by atoms with van der Waals surface area (Å²) in [6.07, 6.45) is 9.18. The molecule has 0 radical (unpaired) electrons. The third-order valence-electron chi connectivity index (χ3n) is 10.8. The number of allylic oxidation sites excluding steroid dienone is 1. The lowest BCUT2D eigenvalue weighted by atomic mass is 9.46. The van der Waals surface area contributed by atoms with Crippen molar-refractivity contribution < 1.29 is 15.3 Å². The van der Waals surface area contributed by atoms with Crippen molar-refractivity contribution >= 4 is 0 Å². The maximum atomic E-state index is 11.1. The Morgan fingerprint density at radius 3 is 2.45 bits per heavy atom. The van der Waals surface area contributed by atoms with E-state index in [1.807, 2.05) is 0 Å². The lowest BCUT2D eigenvalue weighted by Crippen LogP contribution is -2.54. The van der Waals surface area contributed by atoms with Gasteiger partial charge in [-0.3, -0.25) is 0 Å². The second-order valence-corrected chi connectivity index (χ2v) is 12.4. The van der Waals surface area contributed by atoms with E-state index < -0.39 is 12.2 Å². The molecule has 0 aliphatic heterocycles. The van der Waals surface area contributed by atoms with Crippen LogP contribution in [0.5, 0.6) is 0 Å². The molecular formula is C28H46O3. The molecule has 3 saturated carbocycles. The summed E-state index contributed by atoms with van der Waals surface area (Å²) in [7, 11) is 0. The van der Waals surface area contributed by atoms with Crippen LogP contribution in [0.1, 0.15) is 86.0 Å². The van der Waals surface area contributed by atoms with Gasteiger partial charge in [0.25, 0.3) is 0 Å². The minimum absolute atomic E-state index is 0.0428. The Labute approximate surface area is 190 Å². The largest absolute Gasteiger partial charge is 0.393 e. The molecule has 4 rings (SSSR count). The maximum Gasteiger partial charge on any atom is 0.101 e. The summed E-state index contributed by atoms with van der Waals surface area (Å²) in [5.74, 6) is 3.31. The Kier molecular flexibility index (Phi) is 6.29. The fourth-order valence-corrected chi connectivity index (χ4v) is 8.58. The van der Waals surface area contributed by atoms with Crippen molar-refractivity contribution in [3.8, 4) is 0 Å². The zero-order valence-electron chi connectivity index (χ0n) is 20.5. The molecule has 3 fully saturated rings. The van der Waals surface area contributed by atoms with Gasteiger partial charge in [0.1, 0.15) is 6.10 Å². The lowest BCUT2D eigenvalue weighted by Gasteiger charge is -2.59. The van der Waals surface area contributed by atoms with Gasteiger partial charge in [-0.05, 0) is 103 Å². The number of aliphatic hydroxyl groups excluding tert-OH is 3. The molecule has 0 spiro atoms. The zero-order valence-corrected chi connectivity index (χ0v) is 20.5.